The van der Waals surface area contributed by atoms with Crippen LogP contribution in [0.3, 0.4) is 0 Å². The van der Waals surface area contributed by atoms with Crippen molar-refractivity contribution < 1.29 is 22.8 Å². The van der Waals surface area contributed by atoms with Gasteiger partial charge in [-0.2, -0.15) is 18.3 Å². The first-order valence-corrected chi connectivity index (χ1v) is 12.2. The molecular formula is C27H27F3N4O2. The van der Waals surface area contributed by atoms with Gasteiger partial charge in [0.05, 0.1) is 23.5 Å². The number of aromatic nitrogens is 2. The normalized spacial score (nSPS) is 18.6. The van der Waals surface area contributed by atoms with Crippen LogP contribution in [-0.4, -0.2) is 44.9 Å². The van der Waals surface area contributed by atoms with Crippen LogP contribution in [0.25, 0.3) is 11.1 Å². The number of hydrogen-bond donors (Lipinski definition) is 1. The summed E-state index contributed by atoms with van der Waals surface area (Å²) in [6.45, 7) is 1.80. The van der Waals surface area contributed by atoms with Crippen molar-refractivity contribution in [3.63, 3.8) is 0 Å². The van der Waals surface area contributed by atoms with E-state index in [1.54, 1.807) is 12.3 Å². The Bertz CT molecular complexity index is 1250. The summed E-state index contributed by atoms with van der Waals surface area (Å²) in [6.07, 6.45) is 1.15. The maximum Gasteiger partial charge on any atom is 0.416 e. The third-order valence-electron chi connectivity index (χ3n) is 7.01. The van der Waals surface area contributed by atoms with Gasteiger partial charge in [-0.05, 0) is 61.1 Å². The molecule has 0 bridgehead atoms. The van der Waals surface area contributed by atoms with Gasteiger partial charge in [-0.25, -0.2) is 0 Å². The Labute approximate surface area is 207 Å². The number of nitrogens with zero attached hydrogens (tertiary/aromatic N) is 3. The fourth-order valence-electron chi connectivity index (χ4n) is 5.15. The Hall–Kier alpha value is -3.62. The van der Waals surface area contributed by atoms with Crippen molar-refractivity contribution in [2.24, 2.45) is 0 Å². The molecule has 3 aromatic rings. The third kappa shape index (κ3) is 4.87. The molecule has 2 aromatic carbocycles. The first kappa shape index (κ1) is 24.1. The number of piperidine rings is 1. The molecule has 0 aliphatic carbocycles. The molecular weight excluding hydrogens is 469 g/mol. The van der Waals surface area contributed by atoms with Gasteiger partial charge >= 0.3 is 6.18 Å². The van der Waals surface area contributed by atoms with Crippen LogP contribution in [0.5, 0.6) is 0 Å². The molecule has 2 aliphatic heterocycles. The lowest BCUT2D eigenvalue weighted by atomic mass is 9.93. The second kappa shape index (κ2) is 9.79. The third-order valence-corrected chi connectivity index (χ3v) is 7.01. The van der Waals surface area contributed by atoms with Crippen molar-refractivity contribution in [3.05, 3.63) is 77.1 Å². The summed E-state index contributed by atoms with van der Waals surface area (Å²) in [6, 6.07) is 12.1. The maximum absolute atomic E-state index is 13.6. The highest BCUT2D eigenvalue weighted by molar-refractivity contribution is 5.95. The van der Waals surface area contributed by atoms with E-state index in [2.05, 4.69) is 10.2 Å². The summed E-state index contributed by atoms with van der Waals surface area (Å²) in [7, 11) is 0. The lowest BCUT2D eigenvalue weighted by molar-refractivity contribution is -0.137. The van der Waals surface area contributed by atoms with Crippen LogP contribution in [0.2, 0.25) is 0 Å². The van der Waals surface area contributed by atoms with E-state index in [4.69, 9.17) is 0 Å². The van der Waals surface area contributed by atoms with Crippen LogP contribution >= 0.6 is 0 Å². The van der Waals surface area contributed by atoms with E-state index in [0.717, 1.165) is 55.6 Å². The largest absolute Gasteiger partial charge is 0.416 e. The number of H-pyrrole nitrogens is 1. The van der Waals surface area contributed by atoms with Crippen LogP contribution in [0.4, 0.5) is 13.2 Å². The molecule has 6 nitrogen and oxygen atoms in total. The average Bonchev–Trinajstić information content (AvgIpc) is 3.53. The number of halogens is 3. The van der Waals surface area contributed by atoms with E-state index >= 15 is 0 Å². The van der Waals surface area contributed by atoms with E-state index in [0.29, 0.717) is 36.2 Å². The molecule has 3 heterocycles. The number of carbonyl (C=O) groups is 2. The van der Waals surface area contributed by atoms with Crippen molar-refractivity contribution in [1.29, 1.82) is 0 Å². The monoisotopic (exact) mass is 496 g/mol. The summed E-state index contributed by atoms with van der Waals surface area (Å²) in [5.74, 6) is 0.0279. The summed E-state index contributed by atoms with van der Waals surface area (Å²) in [4.78, 5) is 29.3. The molecule has 2 aliphatic rings. The molecule has 2 fully saturated rings. The molecule has 0 spiro atoms. The summed E-state index contributed by atoms with van der Waals surface area (Å²) < 4.78 is 39.0. The number of benzene rings is 2. The van der Waals surface area contributed by atoms with Gasteiger partial charge in [-0.3, -0.25) is 14.7 Å². The lowest BCUT2D eigenvalue weighted by Crippen LogP contribution is -2.39. The minimum atomic E-state index is -4.40. The van der Waals surface area contributed by atoms with Gasteiger partial charge in [0.2, 0.25) is 5.91 Å². The van der Waals surface area contributed by atoms with Gasteiger partial charge in [0.1, 0.15) is 0 Å². The Morgan fingerprint density at radius 3 is 2.58 bits per heavy atom. The Balaban J connectivity index is 1.39. The fraction of sp³-hybridized carbons (Fsp3) is 0.370. The zero-order chi connectivity index (χ0) is 25.3. The molecule has 2 saturated heterocycles. The molecule has 9 heteroatoms. The molecule has 1 N–H and O–H groups in total. The number of hydrogen-bond acceptors (Lipinski definition) is 3. The van der Waals surface area contributed by atoms with Crippen molar-refractivity contribution in [1.82, 2.24) is 20.0 Å². The number of likely N-dealkylation sites (tertiary alicyclic amines) is 2. The molecule has 1 aromatic heterocycles. The molecule has 2 amide bonds. The van der Waals surface area contributed by atoms with Crippen LogP contribution in [-0.2, 0) is 17.5 Å². The van der Waals surface area contributed by atoms with Crippen LogP contribution in [0.1, 0.15) is 65.3 Å². The Morgan fingerprint density at radius 2 is 1.86 bits per heavy atom. The molecule has 188 valence electrons. The summed E-state index contributed by atoms with van der Waals surface area (Å²) in [5, 5.41) is 7.18. The van der Waals surface area contributed by atoms with Crippen LogP contribution in [0, 0.1) is 0 Å². The number of rotatable bonds is 5. The number of aromatic amines is 1. The highest BCUT2D eigenvalue weighted by Crippen LogP contribution is 2.37. The number of carbonyl (C=O) groups excluding carboxylic acids is 2. The number of amides is 2. The van der Waals surface area contributed by atoms with Gasteiger partial charge in [0.15, 0.2) is 0 Å². The zero-order valence-corrected chi connectivity index (χ0v) is 19.7. The highest BCUT2D eigenvalue weighted by Gasteiger charge is 2.33. The Kier molecular flexibility index (Phi) is 6.55. The van der Waals surface area contributed by atoms with E-state index in [1.165, 1.54) is 12.1 Å². The van der Waals surface area contributed by atoms with E-state index in [9.17, 15) is 22.8 Å². The minimum absolute atomic E-state index is 0.109. The molecule has 1 unspecified atom stereocenters. The van der Waals surface area contributed by atoms with Crippen molar-refractivity contribution in [2.45, 2.75) is 50.9 Å². The number of nitrogens with one attached hydrogen (secondary N) is 1. The van der Waals surface area contributed by atoms with Gasteiger partial charge in [-0.1, -0.05) is 24.3 Å². The molecule has 0 radical (unpaired) electrons. The topological polar surface area (TPSA) is 69.3 Å². The predicted octanol–water partition coefficient (Wildman–Crippen LogP) is 5.59. The standard InChI is InChI=1S/C27H27F3N4O2/c28-27(29,30)21-11-9-19(10-12-21)22-16-31-32-25(22)23-7-1-2-14-34(23)26(36)20-6-3-5-18(15-20)17-33-13-4-8-24(33)35/h3,5-6,9-12,15-16,23H,1-2,4,7-8,13-14,17H2,(H,31,32). The fourth-order valence-corrected chi connectivity index (χ4v) is 5.15. The average molecular weight is 497 g/mol. The highest BCUT2D eigenvalue weighted by atomic mass is 19.4. The lowest BCUT2D eigenvalue weighted by Gasteiger charge is -2.36. The molecule has 36 heavy (non-hydrogen) atoms. The minimum Gasteiger partial charge on any atom is -0.338 e. The SMILES string of the molecule is O=C1CCCN1Cc1cccc(C(=O)N2CCCCC2c2[nH]ncc2-c2ccc(C(F)(F)F)cc2)c1. The quantitative estimate of drug-likeness (QED) is 0.501. The Morgan fingerprint density at radius 1 is 1.06 bits per heavy atom. The van der Waals surface area contributed by atoms with Crippen LogP contribution < -0.4 is 0 Å². The van der Waals surface area contributed by atoms with E-state index in [1.807, 2.05) is 28.0 Å². The number of alkyl halides is 3. The van der Waals surface area contributed by atoms with Gasteiger partial charge < -0.3 is 9.80 Å². The van der Waals surface area contributed by atoms with E-state index < -0.39 is 11.7 Å². The van der Waals surface area contributed by atoms with Crippen molar-refractivity contribution >= 4 is 11.8 Å². The van der Waals surface area contributed by atoms with Gasteiger partial charge in [0, 0.05) is 37.2 Å². The summed E-state index contributed by atoms with van der Waals surface area (Å²) in [5.41, 5.74) is 2.79. The second-order valence-electron chi connectivity index (χ2n) is 9.40. The smallest absolute Gasteiger partial charge is 0.338 e. The van der Waals surface area contributed by atoms with Gasteiger partial charge in [0.25, 0.3) is 5.91 Å². The van der Waals surface area contributed by atoms with Crippen molar-refractivity contribution in [3.8, 4) is 11.1 Å². The van der Waals surface area contributed by atoms with Crippen LogP contribution in [0.15, 0.2) is 54.7 Å². The van der Waals surface area contributed by atoms with E-state index in [-0.39, 0.29) is 17.9 Å². The first-order valence-electron chi connectivity index (χ1n) is 12.2. The first-order chi connectivity index (χ1) is 17.3. The molecule has 0 saturated carbocycles. The van der Waals surface area contributed by atoms with Gasteiger partial charge in [-0.15, -0.1) is 0 Å². The second-order valence-corrected chi connectivity index (χ2v) is 9.40. The molecule has 5 rings (SSSR count). The predicted molar refractivity (Wildman–Crippen MR) is 128 cm³/mol. The zero-order valence-electron chi connectivity index (χ0n) is 19.7. The molecule has 1 atom stereocenters. The van der Waals surface area contributed by atoms with Crippen molar-refractivity contribution in [2.75, 3.05) is 13.1 Å². The maximum atomic E-state index is 13.6. The summed E-state index contributed by atoms with van der Waals surface area (Å²) >= 11 is 0.